The van der Waals surface area contributed by atoms with Gasteiger partial charge in [-0.25, -0.2) is 4.79 Å². The zero-order valence-electron chi connectivity index (χ0n) is 14.7. The summed E-state index contributed by atoms with van der Waals surface area (Å²) in [6, 6.07) is 2.86. The molecule has 0 bridgehead atoms. The summed E-state index contributed by atoms with van der Waals surface area (Å²) in [6.07, 6.45) is 0.141. The number of carbonyl (C=O) groups is 3. The molecule has 1 heterocycles. The van der Waals surface area contributed by atoms with Crippen LogP contribution in [0.5, 0.6) is 11.5 Å². The van der Waals surface area contributed by atoms with Crippen LogP contribution in [0.15, 0.2) is 21.3 Å². The number of carbonyl (C=O) groups excluding carboxylic acids is 3. The molecule has 2 rings (SSSR count). The van der Waals surface area contributed by atoms with Gasteiger partial charge in [-0.3, -0.25) is 9.59 Å². The Hall–Kier alpha value is -3.16. The summed E-state index contributed by atoms with van der Waals surface area (Å²) in [6.45, 7) is 5.47. The van der Waals surface area contributed by atoms with Gasteiger partial charge in [0.15, 0.2) is 11.3 Å². The van der Waals surface area contributed by atoms with E-state index in [0.29, 0.717) is 10.9 Å². The van der Waals surface area contributed by atoms with Gasteiger partial charge in [0.2, 0.25) is 5.75 Å². The Bertz CT molecular complexity index is 954. The minimum atomic E-state index is -1.39. The highest BCUT2D eigenvalue weighted by molar-refractivity contribution is 5.92. The standard InChI is InChI=1S/C18H18O8/c1-5-11(17(21)22)14-8(2)12-6-7-13(24-9(3)19)16(25-10(4)20)15(12)26-18(14)23/h6-7,11H,5H2,1-4H3,(H,21,22)/p-1. The molecule has 1 atom stereocenters. The van der Waals surface area contributed by atoms with Gasteiger partial charge in [0.05, 0.1) is 0 Å². The van der Waals surface area contributed by atoms with Gasteiger partial charge in [0.1, 0.15) is 0 Å². The molecule has 0 aliphatic rings. The molecule has 0 radical (unpaired) electrons. The van der Waals surface area contributed by atoms with Crippen molar-refractivity contribution in [3.05, 3.63) is 33.7 Å². The third-order valence-electron chi connectivity index (χ3n) is 3.84. The molecule has 0 amide bonds. The molecule has 26 heavy (non-hydrogen) atoms. The average Bonchev–Trinajstić information content (AvgIpc) is 2.52. The number of aryl methyl sites for hydroxylation is 1. The number of esters is 2. The lowest BCUT2D eigenvalue weighted by Crippen LogP contribution is -2.32. The molecule has 0 spiro atoms. The minimum absolute atomic E-state index is 0.0333. The quantitative estimate of drug-likeness (QED) is 0.442. The molecule has 0 N–H and O–H groups in total. The second kappa shape index (κ2) is 7.38. The summed E-state index contributed by atoms with van der Waals surface area (Å²) in [5.74, 6) is -4.21. The fourth-order valence-electron chi connectivity index (χ4n) is 2.75. The van der Waals surface area contributed by atoms with Gasteiger partial charge in [0.25, 0.3) is 0 Å². The number of fused-ring (bicyclic) bond motifs is 1. The van der Waals surface area contributed by atoms with Crippen molar-refractivity contribution in [2.45, 2.75) is 40.0 Å². The number of rotatable bonds is 5. The van der Waals surface area contributed by atoms with Gasteiger partial charge in [0, 0.05) is 36.7 Å². The summed E-state index contributed by atoms with van der Waals surface area (Å²) in [5, 5.41) is 11.7. The first-order valence-corrected chi connectivity index (χ1v) is 7.85. The number of hydrogen-bond acceptors (Lipinski definition) is 8. The van der Waals surface area contributed by atoms with Gasteiger partial charge in [-0.05, 0) is 31.0 Å². The number of aliphatic carboxylic acids is 1. The maximum atomic E-state index is 12.4. The summed E-state index contributed by atoms with van der Waals surface area (Å²) in [4.78, 5) is 46.4. The van der Waals surface area contributed by atoms with E-state index in [-0.39, 0.29) is 29.1 Å². The number of ether oxygens (including phenoxy) is 2. The first-order valence-electron chi connectivity index (χ1n) is 7.85. The summed E-state index contributed by atoms with van der Waals surface area (Å²) >= 11 is 0. The predicted octanol–water partition coefficient (Wildman–Crippen LogP) is 1.20. The fraction of sp³-hybridized carbons (Fsp3) is 0.333. The highest BCUT2D eigenvalue weighted by atomic mass is 16.6. The molecule has 0 saturated carbocycles. The normalized spacial score (nSPS) is 11.8. The van der Waals surface area contributed by atoms with Gasteiger partial charge in [-0.15, -0.1) is 0 Å². The highest BCUT2D eigenvalue weighted by Crippen LogP contribution is 2.38. The average molecular weight is 361 g/mol. The molecule has 1 unspecified atom stereocenters. The van der Waals surface area contributed by atoms with E-state index < -0.39 is 29.5 Å². The van der Waals surface area contributed by atoms with Gasteiger partial charge in [-0.1, -0.05) is 6.92 Å². The zero-order valence-corrected chi connectivity index (χ0v) is 14.7. The van der Waals surface area contributed by atoms with Crippen molar-refractivity contribution in [1.82, 2.24) is 0 Å². The summed E-state index contributed by atoms with van der Waals surface area (Å²) < 4.78 is 15.3. The highest BCUT2D eigenvalue weighted by Gasteiger charge is 2.24. The number of benzene rings is 1. The Kier molecular flexibility index (Phi) is 5.44. The SMILES string of the molecule is CCC(C(=O)[O-])c1c(C)c2ccc(OC(C)=O)c(OC(C)=O)c2oc1=O. The molecular weight excluding hydrogens is 344 g/mol. The first-order chi connectivity index (χ1) is 12.2. The smallest absolute Gasteiger partial charge is 0.340 e. The lowest BCUT2D eigenvalue weighted by Gasteiger charge is -2.19. The molecule has 8 heteroatoms. The number of hydrogen-bond donors (Lipinski definition) is 0. The van der Waals surface area contributed by atoms with Gasteiger partial charge >= 0.3 is 17.6 Å². The van der Waals surface area contributed by atoms with Gasteiger partial charge < -0.3 is 23.8 Å². The van der Waals surface area contributed by atoms with Crippen LogP contribution in [-0.4, -0.2) is 17.9 Å². The van der Waals surface area contributed by atoms with E-state index in [0.717, 1.165) is 13.8 Å². The molecule has 0 saturated heterocycles. The Labute approximate surface area is 148 Å². The van der Waals surface area contributed by atoms with E-state index in [9.17, 15) is 24.3 Å². The molecule has 138 valence electrons. The molecule has 1 aromatic carbocycles. The zero-order chi connectivity index (χ0) is 19.6. The van der Waals surface area contributed by atoms with E-state index >= 15 is 0 Å². The first kappa shape index (κ1) is 19.2. The van der Waals surface area contributed by atoms with E-state index in [1.54, 1.807) is 13.8 Å². The second-order valence-electron chi connectivity index (χ2n) is 5.66. The van der Waals surface area contributed by atoms with Crippen molar-refractivity contribution in [1.29, 1.82) is 0 Å². The van der Waals surface area contributed by atoms with Crippen LogP contribution in [0.25, 0.3) is 11.0 Å². The molecule has 1 aromatic heterocycles. The minimum Gasteiger partial charge on any atom is -0.549 e. The lowest BCUT2D eigenvalue weighted by molar-refractivity contribution is -0.308. The molecular formula is C18H17O8-. The molecule has 2 aromatic rings. The van der Waals surface area contributed by atoms with Gasteiger partial charge in [-0.2, -0.15) is 0 Å². The second-order valence-corrected chi connectivity index (χ2v) is 5.66. The van der Waals surface area contributed by atoms with Crippen molar-refractivity contribution >= 4 is 28.9 Å². The third kappa shape index (κ3) is 3.58. The van der Waals surface area contributed by atoms with Crippen LogP contribution >= 0.6 is 0 Å². The Morgan fingerprint density at radius 2 is 1.77 bits per heavy atom. The summed E-state index contributed by atoms with van der Waals surface area (Å²) in [5.41, 5.74) is -0.679. The maximum Gasteiger partial charge on any atom is 0.340 e. The van der Waals surface area contributed by atoms with Crippen molar-refractivity contribution in [2.24, 2.45) is 0 Å². The Morgan fingerprint density at radius 1 is 1.15 bits per heavy atom. The van der Waals surface area contributed by atoms with Crippen molar-refractivity contribution in [2.75, 3.05) is 0 Å². The van der Waals surface area contributed by atoms with Crippen LogP contribution in [0.1, 0.15) is 44.2 Å². The number of carboxylic acid groups (broad SMARTS) is 1. The fourth-order valence-corrected chi connectivity index (χ4v) is 2.75. The van der Waals surface area contributed by atoms with Crippen LogP contribution in [0.2, 0.25) is 0 Å². The molecule has 8 nitrogen and oxygen atoms in total. The molecule has 0 aliphatic carbocycles. The molecule has 0 aliphatic heterocycles. The Morgan fingerprint density at radius 3 is 2.27 bits per heavy atom. The van der Waals surface area contributed by atoms with Crippen LogP contribution in [0.3, 0.4) is 0 Å². The van der Waals surface area contributed by atoms with Crippen molar-refractivity contribution < 1.29 is 33.4 Å². The Balaban J connectivity index is 2.84. The topological polar surface area (TPSA) is 123 Å². The van der Waals surface area contributed by atoms with Crippen LogP contribution in [0.4, 0.5) is 0 Å². The van der Waals surface area contributed by atoms with Crippen LogP contribution < -0.4 is 20.2 Å². The van der Waals surface area contributed by atoms with Crippen molar-refractivity contribution in [3.63, 3.8) is 0 Å². The van der Waals surface area contributed by atoms with E-state index in [4.69, 9.17) is 13.9 Å². The lowest BCUT2D eigenvalue weighted by atomic mass is 9.92. The van der Waals surface area contributed by atoms with Crippen molar-refractivity contribution in [3.8, 4) is 11.5 Å². The number of carboxylic acids is 1. The largest absolute Gasteiger partial charge is 0.549 e. The van der Waals surface area contributed by atoms with E-state index in [1.807, 2.05) is 0 Å². The van der Waals surface area contributed by atoms with Crippen LogP contribution in [-0.2, 0) is 14.4 Å². The summed E-state index contributed by atoms with van der Waals surface area (Å²) in [7, 11) is 0. The predicted molar refractivity (Wildman–Crippen MR) is 87.9 cm³/mol. The third-order valence-corrected chi connectivity index (χ3v) is 3.84. The monoisotopic (exact) mass is 361 g/mol. The maximum absolute atomic E-state index is 12.4. The molecule has 0 fully saturated rings. The van der Waals surface area contributed by atoms with Crippen LogP contribution in [0, 0.1) is 6.92 Å². The van der Waals surface area contributed by atoms with E-state index in [1.165, 1.54) is 12.1 Å². The van der Waals surface area contributed by atoms with E-state index in [2.05, 4.69) is 0 Å².